The van der Waals surface area contributed by atoms with Crippen LogP contribution in [0, 0.1) is 0 Å². The number of H-pyrrole nitrogens is 1. The number of hydrogen-bond donors (Lipinski definition) is 1. The number of hydrogen-bond acceptors (Lipinski definition) is 3. The Bertz CT molecular complexity index is 442. The molecule has 0 unspecified atom stereocenters. The van der Waals surface area contributed by atoms with Gasteiger partial charge in [0.05, 0.1) is 0 Å². The van der Waals surface area contributed by atoms with E-state index in [9.17, 15) is 0 Å². The van der Waals surface area contributed by atoms with Crippen molar-refractivity contribution >= 4 is 0 Å². The van der Waals surface area contributed by atoms with E-state index in [2.05, 4.69) is 51.8 Å². The van der Waals surface area contributed by atoms with Crippen LogP contribution >= 0.6 is 0 Å². The van der Waals surface area contributed by atoms with Crippen molar-refractivity contribution in [3.05, 3.63) is 41.2 Å². The smallest absolute Gasteiger partial charge is 0.177 e. The normalized spacial score (nSPS) is 10.1. The van der Waals surface area contributed by atoms with Crippen LogP contribution in [0.4, 0.5) is 0 Å². The molecule has 2 aromatic rings. The number of nitrogens with one attached hydrogen (secondary N) is 1. The van der Waals surface area contributed by atoms with Crippen molar-refractivity contribution in [2.45, 2.75) is 39.0 Å². The van der Waals surface area contributed by atoms with Gasteiger partial charge in [-0.2, -0.15) is 5.21 Å². The van der Waals surface area contributed by atoms with Gasteiger partial charge in [-0.15, -0.1) is 10.2 Å². The van der Waals surface area contributed by atoms with E-state index in [1.54, 1.807) is 0 Å². The van der Waals surface area contributed by atoms with E-state index in [0.29, 0.717) is 0 Å². The molecule has 0 bridgehead atoms. The number of tetrazole rings is 1. The van der Waals surface area contributed by atoms with Crippen molar-refractivity contribution in [2.75, 3.05) is 0 Å². The molecule has 0 aliphatic rings. The molecule has 0 fully saturated rings. The van der Waals surface area contributed by atoms with Crippen LogP contribution in [0.1, 0.15) is 43.1 Å². The Morgan fingerprint density at radius 2 is 2.00 bits per heavy atom. The molecule has 0 atom stereocenters. The minimum Gasteiger partial charge on any atom is -0.177 e. The number of unbranched alkanes of at least 4 members (excludes halogenated alkanes) is 2. The maximum Gasteiger partial charge on any atom is 1.00 e. The molecule has 2 rings (SSSR count). The Morgan fingerprint density at radius 3 is 2.72 bits per heavy atom. The Labute approximate surface area is 130 Å². The summed E-state index contributed by atoms with van der Waals surface area (Å²) in [7, 11) is 0. The Kier molecular flexibility index (Phi) is 7.16. The summed E-state index contributed by atoms with van der Waals surface area (Å²) in [6.07, 6.45) is 5.74. The second-order valence-corrected chi connectivity index (χ2v) is 4.28. The standard InChI is InChI=1S/C13H18N4.Na/c1-2-3-4-6-11-7-5-8-12(9-11)10-13-14-16-17-15-13;/h5,7-9H,2-4,6,10H2,1H3,(H,14,15,16,17);/q;+1. The Balaban J connectivity index is 0.00000162. The van der Waals surface area contributed by atoms with E-state index in [0.717, 1.165) is 18.7 Å². The van der Waals surface area contributed by atoms with E-state index in [1.807, 2.05) is 0 Å². The summed E-state index contributed by atoms with van der Waals surface area (Å²) in [5.74, 6) is 0.746. The molecule has 90 valence electrons. The first-order chi connectivity index (χ1) is 8.38. The topological polar surface area (TPSA) is 54.5 Å². The zero-order valence-corrected chi connectivity index (χ0v) is 13.2. The molecule has 0 saturated carbocycles. The fraction of sp³-hybridized carbons (Fsp3) is 0.462. The van der Waals surface area contributed by atoms with E-state index in [4.69, 9.17) is 0 Å². The Hall–Kier alpha value is -0.710. The first kappa shape index (κ1) is 15.3. The minimum atomic E-state index is 0. The molecule has 0 spiro atoms. The van der Waals surface area contributed by atoms with Crippen LogP contribution in [-0.4, -0.2) is 20.6 Å². The SMILES string of the molecule is CCCCCc1cccc(Cc2nn[nH]n2)c1.[Na+]. The summed E-state index contributed by atoms with van der Waals surface area (Å²) in [4.78, 5) is 0. The van der Waals surface area contributed by atoms with Crippen molar-refractivity contribution in [1.29, 1.82) is 0 Å². The largest absolute Gasteiger partial charge is 1.00 e. The van der Waals surface area contributed by atoms with Crippen LogP contribution in [0.25, 0.3) is 0 Å². The van der Waals surface area contributed by atoms with Gasteiger partial charge in [0.25, 0.3) is 0 Å². The molecule has 0 radical (unpaired) electrons. The molecule has 0 amide bonds. The second kappa shape index (κ2) is 8.40. The van der Waals surface area contributed by atoms with Gasteiger partial charge >= 0.3 is 29.6 Å². The molecule has 1 aromatic heterocycles. The molecule has 18 heavy (non-hydrogen) atoms. The molecule has 0 aliphatic heterocycles. The van der Waals surface area contributed by atoms with Crippen molar-refractivity contribution in [3.8, 4) is 0 Å². The Morgan fingerprint density at radius 1 is 1.17 bits per heavy atom. The average molecular weight is 253 g/mol. The number of aryl methyl sites for hydroxylation is 1. The number of aromatic amines is 1. The summed E-state index contributed by atoms with van der Waals surface area (Å²) >= 11 is 0. The second-order valence-electron chi connectivity index (χ2n) is 4.28. The van der Waals surface area contributed by atoms with Crippen molar-refractivity contribution < 1.29 is 29.6 Å². The van der Waals surface area contributed by atoms with Crippen molar-refractivity contribution in [1.82, 2.24) is 20.6 Å². The molecule has 0 saturated heterocycles. The summed E-state index contributed by atoms with van der Waals surface area (Å²) in [5.41, 5.74) is 2.65. The molecule has 1 heterocycles. The van der Waals surface area contributed by atoms with Gasteiger partial charge in [-0.1, -0.05) is 49.2 Å². The van der Waals surface area contributed by atoms with Crippen molar-refractivity contribution in [3.63, 3.8) is 0 Å². The van der Waals surface area contributed by atoms with Crippen LogP contribution in [0.2, 0.25) is 0 Å². The number of benzene rings is 1. The summed E-state index contributed by atoms with van der Waals surface area (Å²) < 4.78 is 0. The third-order valence-electron chi connectivity index (χ3n) is 2.81. The number of aromatic nitrogens is 4. The van der Waals surface area contributed by atoms with Gasteiger partial charge in [0.15, 0.2) is 5.82 Å². The third-order valence-corrected chi connectivity index (χ3v) is 2.81. The zero-order valence-electron chi connectivity index (χ0n) is 11.2. The predicted octanol–water partition coefficient (Wildman–Crippen LogP) is -0.473. The monoisotopic (exact) mass is 253 g/mol. The van der Waals surface area contributed by atoms with E-state index >= 15 is 0 Å². The average Bonchev–Trinajstić information content (AvgIpc) is 2.83. The van der Waals surface area contributed by atoms with E-state index < -0.39 is 0 Å². The van der Waals surface area contributed by atoms with E-state index in [1.165, 1.54) is 30.4 Å². The molecular weight excluding hydrogens is 235 g/mol. The third kappa shape index (κ3) is 4.88. The molecule has 1 N–H and O–H groups in total. The van der Waals surface area contributed by atoms with Crippen LogP contribution in [0.3, 0.4) is 0 Å². The number of nitrogens with zero attached hydrogens (tertiary/aromatic N) is 3. The minimum absolute atomic E-state index is 0. The van der Waals surface area contributed by atoms with Gasteiger partial charge in [0.2, 0.25) is 0 Å². The molecular formula is C13H18N4Na+. The van der Waals surface area contributed by atoms with Gasteiger partial charge in [-0.3, -0.25) is 0 Å². The van der Waals surface area contributed by atoms with Crippen LogP contribution in [-0.2, 0) is 12.8 Å². The van der Waals surface area contributed by atoms with Crippen LogP contribution < -0.4 is 29.6 Å². The van der Waals surface area contributed by atoms with Gasteiger partial charge in [0.1, 0.15) is 0 Å². The first-order valence-electron chi connectivity index (χ1n) is 6.18. The fourth-order valence-corrected chi connectivity index (χ4v) is 1.91. The number of rotatable bonds is 6. The molecule has 4 nitrogen and oxygen atoms in total. The fourth-order valence-electron chi connectivity index (χ4n) is 1.91. The van der Waals surface area contributed by atoms with Crippen LogP contribution in [0.15, 0.2) is 24.3 Å². The molecule has 5 heteroatoms. The maximum atomic E-state index is 3.97. The quantitative estimate of drug-likeness (QED) is 0.559. The van der Waals surface area contributed by atoms with Gasteiger partial charge in [-0.25, -0.2) is 0 Å². The maximum absolute atomic E-state index is 3.97. The van der Waals surface area contributed by atoms with Crippen molar-refractivity contribution in [2.24, 2.45) is 0 Å². The summed E-state index contributed by atoms with van der Waals surface area (Å²) in [5, 5.41) is 14.0. The molecule has 0 aliphatic carbocycles. The van der Waals surface area contributed by atoms with Gasteiger partial charge < -0.3 is 0 Å². The zero-order chi connectivity index (χ0) is 11.9. The van der Waals surface area contributed by atoms with Crippen LogP contribution in [0.5, 0.6) is 0 Å². The van der Waals surface area contributed by atoms with E-state index in [-0.39, 0.29) is 29.6 Å². The summed E-state index contributed by atoms with van der Waals surface area (Å²) in [6, 6.07) is 8.65. The van der Waals surface area contributed by atoms with Gasteiger partial charge in [0, 0.05) is 6.42 Å². The summed E-state index contributed by atoms with van der Waals surface area (Å²) in [6.45, 7) is 2.23. The predicted molar refractivity (Wildman–Crippen MR) is 66.7 cm³/mol. The first-order valence-corrected chi connectivity index (χ1v) is 6.18. The molecule has 1 aromatic carbocycles. The van der Waals surface area contributed by atoms with Gasteiger partial charge in [-0.05, 0) is 24.0 Å².